The Hall–Kier alpha value is -5.72. The predicted molar refractivity (Wildman–Crippen MR) is 256 cm³/mol. The van der Waals surface area contributed by atoms with Crippen molar-refractivity contribution in [3.8, 4) is 22.3 Å². The van der Waals surface area contributed by atoms with Gasteiger partial charge in [0.25, 0.3) is 0 Å². The van der Waals surface area contributed by atoms with Crippen molar-refractivity contribution in [2.75, 3.05) is 0 Å². The average molecular weight is 781 g/mol. The van der Waals surface area contributed by atoms with Crippen LogP contribution in [-0.4, -0.2) is 0 Å². The van der Waals surface area contributed by atoms with Crippen LogP contribution < -0.4 is 0 Å². The minimum absolute atomic E-state index is 0.260. The monoisotopic (exact) mass is 780 g/mol. The van der Waals surface area contributed by atoms with Gasteiger partial charge in [0.1, 0.15) is 0 Å². The molecule has 2 bridgehead atoms. The molecule has 0 saturated heterocycles. The molecule has 5 unspecified atom stereocenters. The molecule has 0 aliphatic heterocycles. The second kappa shape index (κ2) is 18.3. The smallest absolute Gasteiger partial charge is 0.0258 e. The van der Waals surface area contributed by atoms with Gasteiger partial charge in [-0.15, -0.1) is 0 Å². The lowest BCUT2D eigenvalue weighted by molar-refractivity contribution is 0.545. The molecule has 0 heterocycles. The van der Waals surface area contributed by atoms with Crippen LogP contribution in [-0.2, 0) is 12.8 Å². The largest absolute Gasteiger partial charge is 0.0839 e. The van der Waals surface area contributed by atoms with Crippen LogP contribution in [0.5, 0.6) is 0 Å². The van der Waals surface area contributed by atoms with Gasteiger partial charge in [0, 0.05) is 11.8 Å². The fourth-order valence-corrected chi connectivity index (χ4v) is 10.7. The van der Waals surface area contributed by atoms with Crippen molar-refractivity contribution >= 4 is 0 Å². The molecule has 5 atom stereocenters. The second-order valence-corrected chi connectivity index (χ2v) is 17.8. The van der Waals surface area contributed by atoms with Crippen LogP contribution in [0.4, 0.5) is 0 Å². The molecular formula is C60H60. The summed E-state index contributed by atoms with van der Waals surface area (Å²) in [5.41, 5.74) is 20.1. The molecule has 0 amide bonds. The Kier molecular flexibility index (Phi) is 12.1. The SMILES string of the molecule is Cc1ccc(C(c2ccccc2)C2C=C3CCC(=CC2)C3c2ccc(C(C)C3C=CC=CC3)c(-c3ccccc3C)c2)cc1-c1ccccc1CCCCc1ccccc1. The zero-order valence-electron chi connectivity index (χ0n) is 35.9. The molecular weight excluding hydrogens is 721 g/mol. The molecule has 0 N–H and O–H groups in total. The third-order valence-electron chi connectivity index (χ3n) is 14.0. The van der Waals surface area contributed by atoms with Crippen LogP contribution in [0.15, 0.2) is 193 Å². The number of rotatable bonds is 13. The number of hydrogen-bond donors (Lipinski definition) is 0. The third-order valence-corrected chi connectivity index (χ3v) is 14.0. The van der Waals surface area contributed by atoms with E-state index < -0.39 is 0 Å². The number of aryl methyl sites for hydroxylation is 4. The van der Waals surface area contributed by atoms with Gasteiger partial charge in [-0.3, -0.25) is 0 Å². The lowest BCUT2D eigenvalue weighted by atomic mass is 9.76. The molecule has 0 nitrogen and oxygen atoms in total. The highest BCUT2D eigenvalue weighted by Gasteiger charge is 2.34. The summed E-state index contributed by atoms with van der Waals surface area (Å²) in [4.78, 5) is 0. The summed E-state index contributed by atoms with van der Waals surface area (Å²) < 4.78 is 0. The average Bonchev–Trinajstić information content (AvgIpc) is 3.60. The molecule has 9 rings (SSSR count). The van der Waals surface area contributed by atoms with Gasteiger partial charge in [-0.05, 0) is 156 Å². The van der Waals surface area contributed by atoms with Crippen LogP contribution in [0.1, 0.15) is 108 Å². The normalized spacial score (nSPS) is 19.4. The molecule has 1 saturated carbocycles. The minimum Gasteiger partial charge on any atom is -0.0839 e. The van der Waals surface area contributed by atoms with Gasteiger partial charge < -0.3 is 0 Å². The molecule has 0 radical (unpaired) electrons. The van der Waals surface area contributed by atoms with Gasteiger partial charge >= 0.3 is 0 Å². The summed E-state index contributed by atoms with van der Waals surface area (Å²) in [6.45, 7) is 7.00. The number of benzene rings is 6. The van der Waals surface area contributed by atoms with E-state index in [4.69, 9.17) is 0 Å². The summed E-state index contributed by atoms with van der Waals surface area (Å²) in [5.74, 6) is 1.92. The van der Waals surface area contributed by atoms with E-state index in [9.17, 15) is 0 Å². The van der Waals surface area contributed by atoms with Crippen molar-refractivity contribution in [1.82, 2.24) is 0 Å². The van der Waals surface area contributed by atoms with Gasteiger partial charge in [-0.25, -0.2) is 0 Å². The van der Waals surface area contributed by atoms with Gasteiger partial charge in [0.15, 0.2) is 0 Å². The fraction of sp³-hybridized carbons (Fsp3) is 0.267. The highest BCUT2D eigenvalue weighted by Crippen LogP contribution is 2.51. The molecule has 60 heavy (non-hydrogen) atoms. The first kappa shape index (κ1) is 39.7. The molecule has 3 aliphatic rings. The predicted octanol–water partition coefficient (Wildman–Crippen LogP) is 16.0. The van der Waals surface area contributed by atoms with Crippen molar-refractivity contribution in [2.45, 2.75) is 89.9 Å². The summed E-state index contributed by atoms with van der Waals surface area (Å²) in [7, 11) is 0. The zero-order chi connectivity index (χ0) is 40.8. The van der Waals surface area contributed by atoms with Crippen LogP contribution in [0.2, 0.25) is 0 Å². The maximum absolute atomic E-state index is 2.72. The Morgan fingerprint density at radius 3 is 2.07 bits per heavy atom. The molecule has 300 valence electrons. The first-order valence-electron chi connectivity index (χ1n) is 22.7. The van der Waals surface area contributed by atoms with Gasteiger partial charge in [-0.2, -0.15) is 0 Å². The van der Waals surface area contributed by atoms with Crippen LogP contribution in [0, 0.1) is 25.7 Å². The first-order valence-corrected chi connectivity index (χ1v) is 22.7. The lowest BCUT2D eigenvalue weighted by Gasteiger charge is -2.27. The Bertz CT molecular complexity index is 2540. The Labute approximate surface area is 360 Å². The fourth-order valence-electron chi connectivity index (χ4n) is 10.7. The van der Waals surface area contributed by atoms with Crippen LogP contribution in [0.25, 0.3) is 22.3 Å². The van der Waals surface area contributed by atoms with Crippen molar-refractivity contribution in [1.29, 1.82) is 0 Å². The standard InChI is InChI=1S/C60H60/c1-42-19-13-17-29-54(42)58-41-53(37-38-55(58)44(3)46-23-9-5-10-24-46)60-49-33-35-50(39-51(60)36-34-49)59(48-27-11-6-12-28-48)52-32-31-43(2)57(40-52)56-30-18-16-26-47(56)25-15-14-22-45-20-7-4-8-21-45/h4-13,16-21,23,26-33,37-41,44,46,50,59-60H,14-15,22,24-25,34-36H2,1-3H3. The molecule has 0 aromatic heterocycles. The summed E-state index contributed by atoms with van der Waals surface area (Å²) in [6.07, 6.45) is 23.6. The van der Waals surface area contributed by atoms with Crippen LogP contribution >= 0.6 is 0 Å². The lowest BCUT2D eigenvalue weighted by Crippen LogP contribution is -2.13. The van der Waals surface area contributed by atoms with E-state index in [1.54, 1.807) is 11.1 Å². The third kappa shape index (κ3) is 8.49. The molecule has 6 aromatic rings. The number of hydrogen-bond acceptors (Lipinski definition) is 0. The summed E-state index contributed by atoms with van der Waals surface area (Å²) >= 11 is 0. The summed E-state index contributed by atoms with van der Waals surface area (Å²) in [6, 6.07) is 55.4. The number of unbranched alkanes of at least 4 members (excludes halogenated alkanes) is 1. The van der Waals surface area contributed by atoms with Crippen LogP contribution in [0.3, 0.4) is 0 Å². The minimum atomic E-state index is 0.260. The van der Waals surface area contributed by atoms with E-state index in [1.807, 2.05) is 0 Å². The van der Waals surface area contributed by atoms with Gasteiger partial charge in [-0.1, -0.05) is 194 Å². The van der Waals surface area contributed by atoms with Crippen molar-refractivity contribution in [2.24, 2.45) is 11.8 Å². The summed E-state index contributed by atoms with van der Waals surface area (Å²) in [5, 5.41) is 0. The van der Waals surface area contributed by atoms with Crippen molar-refractivity contribution in [3.05, 3.63) is 238 Å². The zero-order valence-corrected chi connectivity index (χ0v) is 35.9. The van der Waals surface area contributed by atoms with E-state index in [2.05, 4.69) is 203 Å². The Balaban J connectivity index is 1.05. The topological polar surface area (TPSA) is 0 Å². The van der Waals surface area contributed by atoms with E-state index in [0.717, 1.165) is 38.5 Å². The highest BCUT2D eigenvalue weighted by molar-refractivity contribution is 5.74. The Morgan fingerprint density at radius 2 is 1.27 bits per heavy atom. The molecule has 0 spiro atoms. The molecule has 1 fully saturated rings. The molecule has 6 aromatic carbocycles. The quantitative estimate of drug-likeness (QED) is 0.0809. The van der Waals surface area contributed by atoms with Crippen molar-refractivity contribution in [3.63, 3.8) is 0 Å². The van der Waals surface area contributed by atoms with E-state index in [0.29, 0.717) is 23.7 Å². The maximum atomic E-state index is 2.72. The van der Waals surface area contributed by atoms with E-state index in [1.165, 1.54) is 79.6 Å². The van der Waals surface area contributed by atoms with Crippen molar-refractivity contribution < 1.29 is 0 Å². The second-order valence-electron chi connectivity index (χ2n) is 17.8. The Morgan fingerprint density at radius 1 is 0.550 bits per heavy atom. The maximum Gasteiger partial charge on any atom is 0.0258 e. The molecule has 3 aliphatic carbocycles. The number of fused-ring (bicyclic) bond motifs is 2. The van der Waals surface area contributed by atoms with E-state index in [-0.39, 0.29) is 5.92 Å². The van der Waals surface area contributed by atoms with Gasteiger partial charge in [0.2, 0.25) is 0 Å². The molecule has 0 heteroatoms. The van der Waals surface area contributed by atoms with Gasteiger partial charge in [0.05, 0.1) is 0 Å². The number of allylic oxidation sites excluding steroid dienone is 8. The first-order chi connectivity index (χ1) is 29.5. The van der Waals surface area contributed by atoms with E-state index >= 15 is 0 Å². The highest BCUT2D eigenvalue weighted by atomic mass is 14.4.